The van der Waals surface area contributed by atoms with E-state index in [0.29, 0.717) is 0 Å². The molecule has 0 bridgehead atoms. The molecule has 14 heavy (non-hydrogen) atoms. The normalized spacial score (nSPS) is 10.9. The van der Waals surface area contributed by atoms with E-state index in [0.717, 1.165) is 26.8 Å². The van der Waals surface area contributed by atoms with Crippen molar-refractivity contribution in [3.63, 3.8) is 0 Å². The largest absolute Gasteiger partial charge is 0.495 e. The summed E-state index contributed by atoms with van der Waals surface area (Å²) in [6.45, 7) is 2.00. The van der Waals surface area contributed by atoms with Crippen molar-refractivity contribution in [2.24, 2.45) is 7.05 Å². The molecular formula is C10H11BrN2O. The minimum absolute atomic E-state index is 0.834. The first kappa shape index (κ1) is 9.52. The van der Waals surface area contributed by atoms with Gasteiger partial charge in [0.25, 0.3) is 0 Å². The Labute approximate surface area is 90.8 Å². The van der Waals surface area contributed by atoms with Gasteiger partial charge in [-0.15, -0.1) is 0 Å². The third-order valence-corrected chi connectivity index (χ3v) is 2.93. The maximum Gasteiger partial charge on any atom is 0.135 e. The van der Waals surface area contributed by atoms with Gasteiger partial charge in [-0.3, -0.25) is 4.68 Å². The fourth-order valence-electron chi connectivity index (χ4n) is 1.59. The lowest BCUT2D eigenvalue weighted by atomic mass is 10.2. The van der Waals surface area contributed by atoms with Gasteiger partial charge >= 0.3 is 0 Å². The number of benzene rings is 1. The van der Waals surface area contributed by atoms with Crippen molar-refractivity contribution in [1.29, 1.82) is 0 Å². The minimum atomic E-state index is 0.834. The van der Waals surface area contributed by atoms with Crippen LogP contribution in [0, 0.1) is 6.92 Å². The monoisotopic (exact) mass is 254 g/mol. The fraction of sp³-hybridized carbons (Fsp3) is 0.300. The quantitative estimate of drug-likeness (QED) is 0.783. The average Bonchev–Trinajstić information content (AvgIpc) is 2.41. The van der Waals surface area contributed by atoms with Gasteiger partial charge in [0.2, 0.25) is 0 Å². The molecule has 0 fully saturated rings. The molecule has 0 radical (unpaired) electrons. The van der Waals surface area contributed by atoms with Gasteiger partial charge in [-0.1, -0.05) is 0 Å². The second-order valence-corrected chi connectivity index (χ2v) is 4.07. The summed E-state index contributed by atoms with van der Waals surface area (Å²) in [5.41, 5.74) is 2.12. The molecule has 74 valence electrons. The van der Waals surface area contributed by atoms with Gasteiger partial charge in [-0.05, 0) is 28.9 Å². The number of ether oxygens (including phenoxy) is 1. The summed E-state index contributed by atoms with van der Waals surface area (Å²) in [6.07, 6.45) is 0. The Kier molecular flexibility index (Phi) is 2.23. The summed E-state index contributed by atoms with van der Waals surface area (Å²) >= 11 is 3.46. The van der Waals surface area contributed by atoms with E-state index >= 15 is 0 Å². The van der Waals surface area contributed by atoms with Crippen molar-refractivity contribution in [2.45, 2.75) is 6.92 Å². The molecule has 1 aromatic carbocycles. The number of aromatic nitrogens is 2. The SMILES string of the molecule is COc1cc2c(cc1Br)c(C)nn2C. The molecule has 0 atom stereocenters. The van der Waals surface area contributed by atoms with Crippen molar-refractivity contribution in [3.05, 3.63) is 22.3 Å². The first-order valence-corrected chi connectivity index (χ1v) is 5.09. The highest BCUT2D eigenvalue weighted by atomic mass is 79.9. The first-order chi connectivity index (χ1) is 6.63. The molecule has 4 heteroatoms. The van der Waals surface area contributed by atoms with E-state index in [9.17, 15) is 0 Å². The molecule has 1 heterocycles. The molecule has 0 aliphatic rings. The van der Waals surface area contributed by atoms with Gasteiger partial charge in [-0.2, -0.15) is 5.10 Å². The van der Waals surface area contributed by atoms with E-state index in [1.807, 2.05) is 30.8 Å². The molecule has 0 unspecified atom stereocenters. The second-order valence-electron chi connectivity index (χ2n) is 3.21. The highest BCUT2D eigenvalue weighted by molar-refractivity contribution is 9.10. The highest BCUT2D eigenvalue weighted by Crippen LogP contribution is 2.31. The maximum atomic E-state index is 5.23. The van der Waals surface area contributed by atoms with Gasteiger partial charge in [0.05, 0.1) is 22.8 Å². The predicted molar refractivity (Wildman–Crippen MR) is 59.7 cm³/mol. The summed E-state index contributed by atoms with van der Waals surface area (Å²) in [5, 5.41) is 5.50. The van der Waals surface area contributed by atoms with Crippen LogP contribution in [0.2, 0.25) is 0 Å². The van der Waals surface area contributed by atoms with Crippen LogP contribution in [0.1, 0.15) is 5.69 Å². The summed E-state index contributed by atoms with van der Waals surface area (Å²) in [6, 6.07) is 4.02. The van der Waals surface area contributed by atoms with Crippen molar-refractivity contribution >= 4 is 26.8 Å². The summed E-state index contributed by atoms with van der Waals surface area (Å²) in [5.74, 6) is 0.834. The number of hydrogen-bond donors (Lipinski definition) is 0. The van der Waals surface area contributed by atoms with Gasteiger partial charge in [0.15, 0.2) is 0 Å². The van der Waals surface area contributed by atoms with Crippen molar-refractivity contribution in [3.8, 4) is 5.75 Å². The Morgan fingerprint density at radius 3 is 2.79 bits per heavy atom. The molecule has 2 aromatic rings. The van der Waals surface area contributed by atoms with Gasteiger partial charge in [0, 0.05) is 18.5 Å². The molecule has 0 N–H and O–H groups in total. The lowest BCUT2D eigenvalue weighted by Gasteiger charge is -2.03. The lowest BCUT2D eigenvalue weighted by molar-refractivity contribution is 0.412. The van der Waals surface area contributed by atoms with Crippen LogP contribution in [-0.2, 0) is 7.05 Å². The predicted octanol–water partition coefficient (Wildman–Crippen LogP) is 2.65. The zero-order chi connectivity index (χ0) is 10.3. The molecule has 0 saturated heterocycles. The summed E-state index contributed by atoms with van der Waals surface area (Å²) in [7, 11) is 3.60. The Morgan fingerprint density at radius 2 is 2.14 bits per heavy atom. The molecule has 3 nitrogen and oxygen atoms in total. The van der Waals surface area contributed by atoms with Crippen LogP contribution in [0.3, 0.4) is 0 Å². The second kappa shape index (κ2) is 3.28. The molecule has 1 aromatic heterocycles. The number of rotatable bonds is 1. The van der Waals surface area contributed by atoms with Crippen molar-refractivity contribution < 1.29 is 4.74 Å². The third-order valence-electron chi connectivity index (χ3n) is 2.31. The van der Waals surface area contributed by atoms with Gasteiger partial charge < -0.3 is 4.74 Å². The molecule has 0 aliphatic heterocycles. The lowest BCUT2D eigenvalue weighted by Crippen LogP contribution is -1.90. The first-order valence-electron chi connectivity index (χ1n) is 4.30. The minimum Gasteiger partial charge on any atom is -0.495 e. The van der Waals surface area contributed by atoms with Crippen LogP contribution >= 0.6 is 15.9 Å². The fourth-order valence-corrected chi connectivity index (χ4v) is 2.09. The highest BCUT2D eigenvalue weighted by Gasteiger charge is 2.09. The molecular weight excluding hydrogens is 244 g/mol. The smallest absolute Gasteiger partial charge is 0.135 e. The van der Waals surface area contributed by atoms with Gasteiger partial charge in [0.1, 0.15) is 5.75 Å². The Bertz CT molecular complexity index is 490. The molecule has 2 rings (SSSR count). The summed E-state index contributed by atoms with van der Waals surface area (Å²) < 4.78 is 8.05. The maximum absolute atomic E-state index is 5.23. The van der Waals surface area contributed by atoms with E-state index in [4.69, 9.17) is 4.74 Å². The molecule has 0 spiro atoms. The van der Waals surface area contributed by atoms with Crippen LogP contribution in [0.5, 0.6) is 5.75 Å². The van der Waals surface area contributed by atoms with Crippen molar-refractivity contribution in [1.82, 2.24) is 9.78 Å². The van der Waals surface area contributed by atoms with E-state index in [-0.39, 0.29) is 0 Å². The average molecular weight is 255 g/mol. The van der Waals surface area contributed by atoms with Crippen molar-refractivity contribution in [2.75, 3.05) is 7.11 Å². The Morgan fingerprint density at radius 1 is 1.43 bits per heavy atom. The van der Waals surface area contributed by atoms with E-state index < -0.39 is 0 Å². The topological polar surface area (TPSA) is 27.1 Å². The Balaban J connectivity index is 2.82. The number of methoxy groups -OCH3 is 1. The number of nitrogens with zero attached hydrogens (tertiary/aromatic N) is 2. The zero-order valence-corrected chi connectivity index (χ0v) is 9.92. The Hall–Kier alpha value is -1.03. The number of halogens is 1. The van der Waals surface area contributed by atoms with Crippen LogP contribution < -0.4 is 4.74 Å². The zero-order valence-electron chi connectivity index (χ0n) is 8.34. The number of hydrogen-bond acceptors (Lipinski definition) is 2. The van der Waals surface area contributed by atoms with Crippen LogP contribution in [0.25, 0.3) is 10.9 Å². The van der Waals surface area contributed by atoms with E-state index in [1.54, 1.807) is 7.11 Å². The molecule has 0 aliphatic carbocycles. The van der Waals surface area contributed by atoms with E-state index in [2.05, 4.69) is 21.0 Å². The number of aryl methyl sites for hydroxylation is 2. The van der Waals surface area contributed by atoms with Crippen LogP contribution in [0.4, 0.5) is 0 Å². The molecule has 0 saturated carbocycles. The van der Waals surface area contributed by atoms with Crippen LogP contribution in [-0.4, -0.2) is 16.9 Å². The van der Waals surface area contributed by atoms with Gasteiger partial charge in [-0.25, -0.2) is 0 Å². The number of fused-ring (bicyclic) bond motifs is 1. The standard InChI is InChI=1S/C10H11BrN2O/c1-6-7-4-8(11)10(14-3)5-9(7)13(2)12-6/h4-5H,1-3H3. The third kappa shape index (κ3) is 1.30. The molecule has 0 amide bonds. The van der Waals surface area contributed by atoms with Crippen LogP contribution in [0.15, 0.2) is 16.6 Å². The van der Waals surface area contributed by atoms with E-state index in [1.165, 1.54) is 0 Å². The summed E-state index contributed by atoms with van der Waals surface area (Å²) in [4.78, 5) is 0.